The smallest absolute Gasteiger partial charge is 0.161 e. The molecule has 0 saturated carbocycles. The van der Waals surface area contributed by atoms with Crippen LogP contribution in [0.15, 0.2) is 12.1 Å². The molecule has 0 bridgehead atoms. The minimum Gasteiger partial charge on any atom is -0.493 e. The lowest BCUT2D eigenvalue weighted by Gasteiger charge is -2.12. The molecule has 0 amide bonds. The number of benzene rings is 1. The van der Waals surface area contributed by atoms with Gasteiger partial charge in [-0.15, -0.1) is 0 Å². The summed E-state index contributed by atoms with van der Waals surface area (Å²) >= 11 is 0. The van der Waals surface area contributed by atoms with E-state index in [-0.39, 0.29) is 12.2 Å². The van der Waals surface area contributed by atoms with Crippen molar-refractivity contribution in [2.75, 3.05) is 13.2 Å². The van der Waals surface area contributed by atoms with E-state index in [9.17, 15) is 4.79 Å². The van der Waals surface area contributed by atoms with Crippen molar-refractivity contribution in [3.8, 4) is 5.75 Å². The van der Waals surface area contributed by atoms with Gasteiger partial charge in [-0.2, -0.15) is 0 Å². The number of aryl methyl sites for hydroxylation is 3. The average molecular weight is 222 g/mol. The summed E-state index contributed by atoms with van der Waals surface area (Å²) in [5.74, 6) is 0.652. The Hall–Kier alpha value is -1.35. The van der Waals surface area contributed by atoms with E-state index in [4.69, 9.17) is 9.84 Å². The van der Waals surface area contributed by atoms with E-state index in [0.717, 1.165) is 16.9 Å². The third-order valence-corrected chi connectivity index (χ3v) is 2.41. The van der Waals surface area contributed by atoms with Crippen LogP contribution in [0.5, 0.6) is 5.75 Å². The second-order valence-electron chi connectivity index (χ2n) is 4.02. The fraction of sp³-hybridized carbons (Fsp3) is 0.462. The number of hydrogen-bond donors (Lipinski definition) is 1. The van der Waals surface area contributed by atoms with E-state index in [0.29, 0.717) is 6.61 Å². The van der Waals surface area contributed by atoms with Crippen LogP contribution in [-0.4, -0.2) is 24.1 Å². The molecule has 1 aromatic rings. The van der Waals surface area contributed by atoms with Crippen molar-refractivity contribution in [3.63, 3.8) is 0 Å². The number of carbonyl (C=O) groups is 1. The Labute approximate surface area is 96.1 Å². The molecular formula is C13H18O3. The largest absolute Gasteiger partial charge is 0.493 e. The molecule has 0 unspecified atom stereocenters. The molecule has 0 aliphatic heterocycles. The van der Waals surface area contributed by atoms with Crippen LogP contribution in [0.1, 0.15) is 23.1 Å². The quantitative estimate of drug-likeness (QED) is 0.828. The van der Waals surface area contributed by atoms with Crippen LogP contribution in [-0.2, 0) is 4.79 Å². The lowest BCUT2D eigenvalue weighted by Crippen LogP contribution is -2.10. The molecule has 1 rings (SSSR count). The van der Waals surface area contributed by atoms with Gasteiger partial charge in [0.2, 0.25) is 0 Å². The van der Waals surface area contributed by atoms with Gasteiger partial charge in [0, 0.05) is 6.42 Å². The Morgan fingerprint density at radius 2 is 1.81 bits per heavy atom. The highest BCUT2D eigenvalue weighted by Gasteiger charge is 2.06. The van der Waals surface area contributed by atoms with Crippen LogP contribution in [0.3, 0.4) is 0 Å². The minimum absolute atomic E-state index is 0.192. The van der Waals surface area contributed by atoms with Gasteiger partial charge >= 0.3 is 0 Å². The first-order valence-corrected chi connectivity index (χ1v) is 5.37. The Morgan fingerprint density at radius 3 is 2.31 bits per heavy atom. The lowest BCUT2D eigenvalue weighted by atomic mass is 10.1. The number of Topliss-reactive ketones (excluding diaryl/α,β-unsaturated/α-hetero) is 1. The molecule has 1 aromatic carbocycles. The zero-order valence-electron chi connectivity index (χ0n) is 10.0. The van der Waals surface area contributed by atoms with Crippen molar-refractivity contribution in [2.45, 2.75) is 27.2 Å². The van der Waals surface area contributed by atoms with E-state index in [1.165, 1.54) is 5.56 Å². The predicted molar refractivity (Wildman–Crippen MR) is 62.9 cm³/mol. The maximum Gasteiger partial charge on any atom is 0.161 e. The van der Waals surface area contributed by atoms with Crippen LogP contribution < -0.4 is 4.74 Å². The summed E-state index contributed by atoms with van der Waals surface area (Å²) in [5, 5.41) is 8.57. The Kier molecular flexibility index (Phi) is 4.50. The van der Waals surface area contributed by atoms with E-state index in [1.807, 2.05) is 20.8 Å². The standard InChI is InChI=1S/C13H18O3/c1-9-6-10(2)13(11(3)7-9)16-5-4-12(15)8-14/h6-7,14H,4-5,8H2,1-3H3. The first kappa shape index (κ1) is 12.7. The van der Waals surface area contributed by atoms with Gasteiger partial charge in [-0.05, 0) is 31.9 Å². The number of rotatable bonds is 5. The van der Waals surface area contributed by atoms with Gasteiger partial charge in [-0.1, -0.05) is 17.7 Å². The van der Waals surface area contributed by atoms with Gasteiger partial charge < -0.3 is 9.84 Å². The zero-order chi connectivity index (χ0) is 12.1. The summed E-state index contributed by atoms with van der Waals surface area (Å²) in [7, 11) is 0. The number of hydrogen-bond acceptors (Lipinski definition) is 3. The molecule has 88 valence electrons. The Balaban J connectivity index is 2.64. The van der Waals surface area contributed by atoms with Gasteiger partial charge in [-0.25, -0.2) is 0 Å². The van der Waals surface area contributed by atoms with Crippen LogP contribution in [0.25, 0.3) is 0 Å². The Bertz CT molecular complexity index is 360. The lowest BCUT2D eigenvalue weighted by molar-refractivity contribution is -0.122. The molecule has 3 heteroatoms. The second-order valence-corrected chi connectivity index (χ2v) is 4.02. The average Bonchev–Trinajstić information content (AvgIpc) is 2.21. The fourth-order valence-electron chi connectivity index (χ4n) is 1.74. The highest BCUT2D eigenvalue weighted by molar-refractivity contribution is 5.79. The summed E-state index contributed by atoms with van der Waals surface area (Å²) in [6.45, 7) is 5.94. The molecular weight excluding hydrogens is 204 g/mol. The summed E-state index contributed by atoms with van der Waals surface area (Å²) in [6.07, 6.45) is 0.253. The van der Waals surface area contributed by atoms with Crippen molar-refractivity contribution >= 4 is 5.78 Å². The van der Waals surface area contributed by atoms with E-state index < -0.39 is 6.61 Å². The molecule has 16 heavy (non-hydrogen) atoms. The molecule has 0 aromatic heterocycles. The minimum atomic E-state index is -0.408. The number of aliphatic hydroxyl groups is 1. The van der Waals surface area contributed by atoms with E-state index >= 15 is 0 Å². The van der Waals surface area contributed by atoms with Crippen LogP contribution in [0.4, 0.5) is 0 Å². The molecule has 1 N–H and O–H groups in total. The van der Waals surface area contributed by atoms with Crippen molar-refractivity contribution in [1.82, 2.24) is 0 Å². The van der Waals surface area contributed by atoms with E-state index in [2.05, 4.69) is 12.1 Å². The number of ketones is 1. The highest BCUT2D eigenvalue weighted by Crippen LogP contribution is 2.24. The van der Waals surface area contributed by atoms with Gasteiger partial charge in [0.1, 0.15) is 12.4 Å². The summed E-state index contributed by atoms with van der Waals surface area (Å²) < 4.78 is 5.56. The van der Waals surface area contributed by atoms with Crippen molar-refractivity contribution in [1.29, 1.82) is 0 Å². The van der Waals surface area contributed by atoms with Crippen LogP contribution in [0.2, 0.25) is 0 Å². The summed E-state index contributed by atoms with van der Waals surface area (Å²) in [4.78, 5) is 10.9. The second kappa shape index (κ2) is 5.66. The molecule has 0 aliphatic rings. The monoisotopic (exact) mass is 222 g/mol. The van der Waals surface area contributed by atoms with Crippen molar-refractivity contribution in [2.24, 2.45) is 0 Å². The predicted octanol–water partition coefficient (Wildman–Crippen LogP) is 1.94. The maximum atomic E-state index is 10.9. The first-order valence-electron chi connectivity index (χ1n) is 5.37. The summed E-state index contributed by atoms with van der Waals surface area (Å²) in [6, 6.07) is 4.10. The molecule has 3 nitrogen and oxygen atoms in total. The molecule has 0 fully saturated rings. The van der Waals surface area contributed by atoms with E-state index in [1.54, 1.807) is 0 Å². The van der Waals surface area contributed by atoms with Gasteiger partial charge in [0.25, 0.3) is 0 Å². The summed E-state index contributed by atoms with van der Waals surface area (Å²) in [5.41, 5.74) is 3.36. The normalized spacial score (nSPS) is 10.2. The van der Waals surface area contributed by atoms with Gasteiger partial charge in [0.15, 0.2) is 5.78 Å². The van der Waals surface area contributed by atoms with Crippen LogP contribution >= 0.6 is 0 Å². The number of ether oxygens (including phenoxy) is 1. The highest BCUT2D eigenvalue weighted by atomic mass is 16.5. The fourth-order valence-corrected chi connectivity index (χ4v) is 1.74. The van der Waals surface area contributed by atoms with Crippen LogP contribution in [0, 0.1) is 20.8 Å². The molecule has 0 radical (unpaired) electrons. The van der Waals surface area contributed by atoms with Crippen molar-refractivity contribution < 1.29 is 14.6 Å². The number of aliphatic hydroxyl groups excluding tert-OH is 1. The molecule has 0 aliphatic carbocycles. The third kappa shape index (κ3) is 3.35. The molecule has 0 atom stereocenters. The van der Waals surface area contributed by atoms with Crippen molar-refractivity contribution in [3.05, 3.63) is 28.8 Å². The zero-order valence-corrected chi connectivity index (χ0v) is 10.0. The topological polar surface area (TPSA) is 46.5 Å². The first-order chi connectivity index (χ1) is 7.54. The molecule has 0 spiro atoms. The Morgan fingerprint density at radius 1 is 1.25 bits per heavy atom. The maximum absolute atomic E-state index is 10.9. The van der Waals surface area contributed by atoms with Gasteiger partial charge in [-0.3, -0.25) is 4.79 Å². The van der Waals surface area contributed by atoms with Gasteiger partial charge in [0.05, 0.1) is 6.61 Å². The molecule has 0 heterocycles. The molecule has 0 saturated heterocycles. The number of carbonyl (C=O) groups excluding carboxylic acids is 1. The SMILES string of the molecule is Cc1cc(C)c(OCCC(=O)CO)c(C)c1. The third-order valence-electron chi connectivity index (χ3n) is 2.41.